The van der Waals surface area contributed by atoms with Gasteiger partial charge in [-0.1, -0.05) is 30.3 Å². The molecule has 28 heavy (non-hydrogen) atoms. The third-order valence-electron chi connectivity index (χ3n) is 7.21. The molecule has 0 unspecified atom stereocenters. The highest BCUT2D eigenvalue weighted by atomic mass is 16.2. The Morgan fingerprint density at radius 3 is 2.29 bits per heavy atom. The first-order chi connectivity index (χ1) is 13.8. The number of carbonyl (C=O) groups is 1. The number of nitrogens with zero attached hydrogens (tertiary/aromatic N) is 2. The molecule has 2 heterocycles. The van der Waals surface area contributed by atoms with Crippen LogP contribution in [0.3, 0.4) is 0 Å². The summed E-state index contributed by atoms with van der Waals surface area (Å²) in [7, 11) is 0. The summed E-state index contributed by atoms with van der Waals surface area (Å²) in [6.07, 6.45) is 10.8. The van der Waals surface area contributed by atoms with Gasteiger partial charge in [0.1, 0.15) is 0 Å². The number of likely N-dealkylation sites (tertiary alicyclic amines) is 2. The second kappa shape index (κ2) is 9.89. The van der Waals surface area contributed by atoms with Crippen LogP contribution in [0, 0.1) is 5.92 Å². The van der Waals surface area contributed by atoms with Gasteiger partial charge >= 0.3 is 0 Å². The molecular formula is C24H37N3O. The smallest absolute Gasteiger partial charge is 0.223 e. The fourth-order valence-electron chi connectivity index (χ4n) is 5.06. The minimum atomic E-state index is 0.259. The Kier molecular flexibility index (Phi) is 7.03. The van der Waals surface area contributed by atoms with Crippen LogP contribution in [0.1, 0.15) is 56.9 Å². The Morgan fingerprint density at radius 2 is 1.64 bits per heavy atom. The zero-order chi connectivity index (χ0) is 19.2. The zero-order valence-electron chi connectivity index (χ0n) is 17.3. The van der Waals surface area contributed by atoms with Gasteiger partial charge in [0.2, 0.25) is 5.91 Å². The van der Waals surface area contributed by atoms with Crippen LogP contribution in [-0.2, 0) is 11.2 Å². The Bertz CT molecular complexity index is 600. The maximum absolute atomic E-state index is 12.4. The van der Waals surface area contributed by atoms with E-state index >= 15 is 0 Å². The lowest BCUT2D eigenvalue weighted by Crippen LogP contribution is -2.50. The van der Waals surface area contributed by atoms with E-state index in [1.165, 1.54) is 70.1 Å². The Hall–Kier alpha value is -1.39. The molecule has 1 saturated carbocycles. The lowest BCUT2D eigenvalue weighted by Gasteiger charge is -2.42. The first-order valence-corrected chi connectivity index (χ1v) is 11.6. The van der Waals surface area contributed by atoms with E-state index < -0.39 is 0 Å². The third-order valence-corrected chi connectivity index (χ3v) is 7.21. The molecule has 0 radical (unpaired) electrons. The number of piperidine rings is 2. The van der Waals surface area contributed by atoms with Crippen LogP contribution < -0.4 is 5.32 Å². The minimum Gasteiger partial charge on any atom is -0.353 e. The average Bonchev–Trinajstić information content (AvgIpc) is 2.72. The summed E-state index contributed by atoms with van der Waals surface area (Å²) in [6.45, 7) is 5.93. The topological polar surface area (TPSA) is 35.6 Å². The fourth-order valence-corrected chi connectivity index (χ4v) is 5.06. The Labute approximate surface area is 170 Å². The molecule has 1 N–H and O–H groups in total. The number of hydrogen-bond acceptors (Lipinski definition) is 3. The molecule has 2 saturated heterocycles. The lowest BCUT2D eigenvalue weighted by atomic mass is 9.89. The van der Waals surface area contributed by atoms with Crippen molar-refractivity contribution in [3.63, 3.8) is 0 Å². The van der Waals surface area contributed by atoms with Gasteiger partial charge in [0.25, 0.3) is 0 Å². The summed E-state index contributed by atoms with van der Waals surface area (Å²) in [4.78, 5) is 17.7. The lowest BCUT2D eigenvalue weighted by molar-refractivity contribution is -0.128. The van der Waals surface area contributed by atoms with Crippen molar-refractivity contribution >= 4 is 5.91 Å². The summed E-state index contributed by atoms with van der Waals surface area (Å²) in [5, 5.41) is 3.25. The highest BCUT2D eigenvalue weighted by molar-refractivity contribution is 5.79. The average molecular weight is 384 g/mol. The predicted molar refractivity (Wildman–Crippen MR) is 114 cm³/mol. The second-order valence-electron chi connectivity index (χ2n) is 9.11. The van der Waals surface area contributed by atoms with E-state index in [-0.39, 0.29) is 5.92 Å². The van der Waals surface area contributed by atoms with Gasteiger partial charge in [-0.25, -0.2) is 0 Å². The second-order valence-corrected chi connectivity index (χ2v) is 9.11. The standard InChI is InChI=1S/C24H37N3O/c28-24(25-22-9-4-10-22)21-11-18-27(19-12-21)23-13-16-26(17-14-23)15-5-8-20-6-2-1-3-7-20/h1-3,6-7,21-23H,4-5,8-19H2,(H,25,28). The van der Waals surface area contributed by atoms with E-state index in [2.05, 4.69) is 45.4 Å². The third kappa shape index (κ3) is 5.36. The number of rotatable bonds is 7. The van der Waals surface area contributed by atoms with Gasteiger partial charge < -0.3 is 15.1 Å². The summed E-state index contributed by atoms with van der Waals surface area (Å²) in [5.41, 5.74) is 1.46. The largest absolute Gasteiger partial charge is 0.353 e. The molecule has 1 amide bonds. The molecule has 4 rings (SSSR count). The molecule has 4 nitrogen and oxygen atoms in total. The quantitative estimate of drug-likeness (QED) is 0.783. The number of amides is 1. The van der Waals surface area contributed by atoms with Crippen molar-refractivity contribution in [1.82, 2.24) is 15.1 Å². The fraction of sp³-hybridized carbons (Fsp3) is 0.708. The van der Waals surface area contributed by atoms with E-state index in [1.54, 1.807) is 0 Å². The molecule has 1 aliphatic carbocycles. The molecule has 2 aliphatic heterocycles. The number of aryl methyl sites for hydroxylation is 1. The number of nitrogens with one attached hydrogen (secondary N) is 1. The van der Waals surface area contributed by atoms with Crippen LogP contribution in [0.25, 0.3) is 0 Å². The van der Waals surface area contributed by atoms with E-state index in [9.17, 15) is 4.79 Å². The van der Waals surface area contributed by atoms with Gasteiger partial charge in [-0.05, 0) is 96.1 Å². The molecule has 1 aromatic carbocycles. The highest BCUT2D eigenvalue weighted by Crippen LogP contribution is 2.25. The maximum Gasteiger partial charge on any atom is 0.223 e. The van der Waals surface area contributed by atoms with Gasteiger partial charge in [-0.3, -0.25) is 4.79 Å². The van der Waals surface area contributed by atoms with Crippen LogP contribution in [0.2, 0.25) is 0 Å². The van der Waals surface area contributed by atoms with Gasteiger partial charge in [0.15, 0.2) is 0 Å². The molecule has 0 atom stereocenters. The van der Waals surface area contributed by atoms with Crippen molar-refractivity contribution in [2.45, 2.75) is 69.9 Å². The summed E-state index contributed by atoms with van der Waals surface area (Å²) in [5.74, 6) is 0.590. The molecule has 3 fully saturated rings. The van der Waals surface area contributed by atoms with Crippen molar-refractivity contribution in [1.29, 1.82) is 0 Å². The summed E-state index contributed by atoms with van der Waals surface area (Å²) < 4.78 is 0. The number of carbonyl (C=O) groups excluding carboxylic acids is 1. The van der Waals surface area contributed by atoms with E-state index in [0.29, 0.717) is 11.9 Å². The predicted octanol–water partition coefficient (Wildman–Crippen LogP) is 3.46. The maximum atomic E-state index is 12.4. The van der Waals surface area contributed by atoms with Crippen molar-refractivity contribution in [2.24, 2.45) is 5.92 Å². The molecular weight excluding hydrogens is 346 g/mol. The molecule has 4 heteroatoms. The van der Waals surface area contributed by atoms with E-state index in [1.807, 2.05) is 0 Å². The van der Waals surface area contributed by atoms with Crippen LogP contribution in [0.5, 0.6) is 0 Å². The molecule has 1 aromatic rings. The minimum absolute atomic E-state index is 0.259. The van der Waals surface area contributed by atoms with E-state index in [0.717, 1.165) is 32.0 Å². The van der Waals surface area contributed by atoms with Crippen molar-refractivity contribution in [3.8, 4) is 0 Å². The van der Waals surface area contributed by atoms with Gasteiger partial charge in [0, 0.05) is 18.0 Å². The molecule has 154 valence electrons. The van der Waals surface area contributed by atoms with Gasteiger partial charge in [-0.2, -0.15) is 0 Å². The van der Waals surface area contributed by atoms with Crippen LogP contribution >= 0.6 is 0 Å². The van der Waals surface area contributed by atoms with Crippen molar-refractivity contribution in [2.75, 3.05) is 32.7 Å². The Morgan fingerprint density at radius 1 is 0.929 bits per heavy atom. The normalized spacial score (nSPS) is 23.4. The highest BCUT2D eigenvalue weighted by Gasteiger charge is 2.31. The zero-order valence-corrected chi connectivity index (χ0v) is 17.3. The summed E-state index contributed by atoms with van der Waals surface area (Å²) in [6, 6.07) is 12.1. The molecule has 0 spiro atoms. The van der Waals surface area contributed by atoms with Crippen LogP contribution in [0.15, 0.2) is 30.3 Å². The van der Waals surface area contributed by atoms with Crippen LogP contribution in [-0.4, -0.2) is 60.5 Å². The molecule has 0 bridgehead atoms. The Balaban J connectivity index is 1.11. The first kappa shape index (κ1) is 19.9. The number of hydrogen-bond donors (Lipinski definition) is 1. The monoisotopic (exact) mass is 383 g/mol. The molecule has 3 aliphatic rings. The van der Waals surface area contributed by atoms with Crippen molar-refractivity contribution < 1.29 is 4.79 Å². The molecule has 0 aromatic heterocycles. The van der Waals surface area contributed by atoms with Crippen LogP contribution in [0.4, 0.5) is 0 Å². The SMILES string of the molecule is O=C(NC1CCC1)C1CCN(C2CCN(CCCc3ccccc3)CC2)CC1. The van der Waals surface area contributed by atoms with Gasteiger partial charge in [-0.15, -0.1) is 0 Å². The van der Waals surface area contributed by atoms with E-state index in [4.69, 9.17) is 0 Å². The van der Waals surface area contributed by atoms with Crippen molar-refractivity contribution in [3.05, 3.63) is 35.9 Å². The summed E-state index contributed by atoms with van der Waals surface area (Å²) >= 11 is 0. The van der Waals surface area contributed by atoms with Gasteiger partial charge in [0.05, 0.1) is 0 Å². The first-order valence-electron chi connectivity index (χ1n) is 11.6. The number of benzene rings is 1.